The molecular formula is C17H26N2O. The predicted molar refractivity (Wildman–Crippen MR) is 83.9 cm³/mol. The third-order valence-electron chi connectivity index (χ3n) is 4.08. The van der Waals surface area contributed by atoms with Crippen LogP contribution in [0.5, 0.6) is 5.75 Å². The Bertz CT molecular complexity index is 474. The number of hydrogen-bond donors (Lipinski definition) is 1. The van der Waals surface area contributed by atoms with Gasteiger partial charge in [-0.3, -0.25) is 5.41 Å². The SMILES string of the molecule is CC(=N)N1CCC(Oc2ccc(C(C)C)c(C)c2)CC1. The molecule has 1 saturated heterocycles. The van der Waals surface area contributed by atoms with Crippen LogP contribution in [0, 0.1) is 12.3 Å². The topological polar surface area (TPSA) is 36.3 Å². The maximum absolute atomic E-state index is 7.65. The molecule has 0 amide bonds. The van der Waals surface area contributed by atoms with Gasteiger partial charge in [-0.25, -0.2) is 0 Å². The average molecular weight is 274 g/mol. The minimum Gasteiger partial charge on any atom is -0.490 e. The Balaban J connectivity index is 1.95. The maximum Gasteiger partial charge on any atom is 0.120 e. The lowest BCUT2D eigenvalue weighted by molar-refractivity contribution is 0.130. The molecule has 1 aromatic rings. The quantitative estimate of drug-likeness (QED) is 0.669. The van der Waals surface area contributed by atoms with Gasteiger partial charge in [-0.1, -0.05) is 19.9 Å². The molecule has 0 saturated carbocycles. The van der Waals surface area contributed by atoms with Crippen LogP contribution in [0.3, 0.4) is 0 Å². The zero-order chi connectivity index (χ0) is 14.7. The fourth-order valence-electron chi connectivity index (χ4n) is 2.87. The summed E-state index contributed by atoms with van der Waals surface area (Å²) in [6.45, 7) is 10.3. The maximum atomic E-state index is 7.65. The summed E-state index contributed by atoms with van der Waals surface area (Å²) in [4.78, 5) is 2.12. The monoisotopic (exact) mass is 274 g/mol. The van der Waals surface area contributed by atoms with E-state index in [1.807, 2.05) is 6.92 Å². The lowest BCUT2D eigenvalue weighted by Crippen LogP contribution is -2.40. The van der Waals surface area contributed by atoms with E-state index >= 15 is 0 Å². The van der Waals surface area contributed by atoms with Crippen LogP contribution in [0.2, 0.25) is 0 Å². The van der Waals surface area contributed by atoms with Crippen molar-refractivity contribution in [3.8, 4) is 5.75 Å². The lowest BCUT2D eigenvalue weighted by Gasteiger charge is -2.33. The molecule has 20 heavy (non-hydrogen) atoms. The molecule has 0 unspecified atom stereocenters. The number of nitrogens with one attached hydrogen (secondary N) is 1. The molecule has 3 heteroatoms. The number of amidine groups is 1. The van der Waals surface area contributed by atoms with E-state index in [4.69, 9.17) is 10.1 Å². The van der Waals surface area contributed by atoms with Gasteiger partial charge in [0, 0.05) is 25.9 Å². The molecule has 110 valence electrons. The van der Waals surface area contributed by atoms with E-state index in [2.05, 4.69) is 43.9 Å². The van der Waals surface area contributed by atoms with Crippen molar-refractivity contribution >= 4 is 5.84 Å². The summed E-state index contributed by atoms with van der Waals surface area (Å²) < 4.78 is 6.10. The Labute approximate surface area is 122 Å². The fraction of sp³-hybridized carbons (Fsp3) is 0.588. The van der Waals surface area contributed by atoms with E-state index in [9.17, 15) is 0 Å². The molecule has 3 nitrogen and oxygen atoms in total. The van der Waals surface area contributed by atoms with E-state index in [1.54, 1.807) is 0 Å². The normalized spacial score (nSPS) is 16.6. The highest BCUT2D eigenvalue weighted by molar-refractivity contribution is 5.76. The Morgan fingerprint density at radius 2 is 1.95 bits per heavy atom. The first kappa shape index (κ1) is 14.9. The Morgan fingerprint density at radius 1 is 1.30 bits per heavy atom. The van der Waals surface area contributed by atoms with Gasteiger partial charge in [0.25, 0.3) is 0 Å². The number of piperidine rings is 1. The highest BCUT2D eigenvalue weighted by Gasteiger charge is 2.20. The third kappa shape index (κ3) is 3.53. The number of benzene rings is 1. The molecule has 1 aliphatic heterocycles. The summed E-state index contributed by atoms with van der Waals surface area (Å²) in [5.41, 5.74) is 2.71. The largest absolute Gasteiger partial charge is 0.490 e. The van der Waals surface area contributed by atoms with Crippen molar-refractivity contribution in [2.75, 3.05) is 13.1 Å². The molecule has 1 aliphatic rings. The van der Waals surface area contributed by atoms with Gasteiger partial charge < -0.3 is 9.64 Å². The molecular weight excluding hydrogens is 248 g/mol. The van der Waals surface area contributed by atoms with Crippen molar-refractivity contribution in [2.24, 2.45) is 0 Å². The first-order valence-electron chi connectivity index (χ1n) is 7.54. The van der Waals surface area contributed by atoms with Crippen LogP contribution in [-0.2, 0) is 0 Å². The first-order chi connectivity index (χ1) is 9.47. The average Bonchev–Trinajstić information content (AvgIpc) is 2.39. The Hall–Kier alpha value is -1.51. The molecule has 0 bridgehead atoms. The summed E-state index contributed by atoms with van der Waals surface area (Å²) in [7, 11) is 0. The van der Waals surface area contributed by atoms with Gasteiger partial charge in [-0.05, 0) is 43.0 Å². The van der Waals surface area contributed by atoms with Gasteiger partial charge in [-0.2, -0.15) is 0 Å². The zero-order valence-corrected chi connectivity index (χ0v) is 13.1. The number of rotatable bonds is 3. The summed E-state index contributed by atoms with van der Waals surface area (Å²) in [6.07, 6.45) is 2.29. The molecule has 1 heterocycles. The second-order valence-electron chi connectivity index (χ2n) is 6.06. The van der Waals surface area contributed by atoms with Crippen LogP contribution >= 0.6 is 0 Å². The fourth-order valence-corrected chi connectivity index (χ4v) is 2.87. The smallest absolute Gasteiger partial charge is 0.120 e. The Morgan fingerprint density at radius 3 is 2.45 bits per heavy atom. The van der Waals surface area contributed by atoms with Crippen molar-refractivity contribution in [3.05, 3.63) is 29.3 Å². The number of ether oxygens (including phenoxy) is 1. The Kier molecular flexibility index (Phi) is 4.69. The van der Waals surface area contributed by atoms with Gasteiger partial charge in [0.1, 0.15) is 11.9 Å². The van der Waals surface area contributed by atoms with E-state index in [-0.39, 0.29) is 6.10 Å². The van der Waals surface area contributed by atoms with Crippen LogP contribution in [-0.4, -0.2) is 29.9 Å². The van der Waals surface area contributed by atoms with E-state index in [0.29, 0.717) is 11.8 Å². The van der Waals surface area contributed by atoms with Crippen molar-refractivity contribution < 1.29 is 4.74 Å². The summed E-state index contributed by atoms with van der Waals surface area (Å²) in [6, 6.07) is 6.44. The van der Waals surface area contributed by atoms with Crippen LogP contribution in [0.25, 0.3) is 0 Å². The van der Waals surface area contributed by atoms with Gasteiger partial charge in [0.2, 0.25) is 0 Å². The first-order valence-corrected chi connectivity index (χ1v) is 7.54. The number of hydrogen-bond acceptors (Lipinski definition) is 2. The van der Waals surface area contributed by atoms with Crippen molar-refractivity contribution in [1.29, 1.82) is 5.41 Å². The van der Waals surface area contributed by atoms with Gasteiger partial charge in [0.05, 0.1) is 5.84 Å². The standard InChI is InChI=1S/C17H26N2O/c1-12(2)17-6-5-16(11-13(17)3)20-15-7-9-19(10-8-15)14(4)18/h5-6,11-12,15,18H,7-10H2,1-4H3. The van der Waals surface area contributed by atoms with Crippen LogP contribution in [0.1, 0.15) is 50.7 Å². The molecule has 0 aliphatic carbocycles. The number of likely N-dealkylation sites (tertiary alicyclic amines) is 1. The van der Waals surface area contributed by atoms with Crippen molar-refractivity contribution in [3.63, 3.8) is 0 Å². The second kappa shape index (κ2) is 6.29. The van der Waals surface area contributed by atoms with E-state index in [1.165, 1.54) is 11.1 Å². The third-order valence-corrected chi connectivity index (χ3v) is 4.08. The zero-order valence-electron chi connectivity index (χ0n) is 13.1. The summed E-state index contributed by atoms with van der Waals surface area (Å²) >= 11 is 0. The highest BCUT2D eigenvalue weighted by Crippen LogP contribution is 2.25. The van der Waals surface area contributed by atoms with Crippen LogP contribution in [0.4, 0.5) is 0 Å². The molecule has 1 N–H and O–H groups in total. The summed E-state index contributed by atoms with van der Waals surface area (Å²) in [5, 5.41) is 7.65. The van der Waals surface area contributed by atoms with Gasteiger partial charge >= 0.3 is 0 Å². The molecule has 0 spiro atoms. The molecule has 2 rings (SSSR count). The highest BCUT2D eigenvalue weighted by atomic mass is 16.5. The minimum atomic E-state index is 0.287. The molecule has 0 radical (unpaired) electrons. The lowest BCUT2D eigenvalue weighted by atomic mass is 9.98. The second-order valence-corrected chi connectivity index (χ2v) is 6.06. The van der Waals surface area contributed by atoms with Crippen LogP contribution < -0.4 is 4.74 Å². The predicted octanol–water partition coefficient (Wildman–Crippen LogP) is 3.96. The van der Waals surface area contributed by atoms with Crippen molar-refractivity contribution in [2.45, 2.75) is 52.6 Å². The van der Waals surface area contributed by atoms with Gasteiger partial charge in [0.15, 0.2) is 0 Å². The molecule has 0 atom stereocenters. The molecule has 0 aromatic heterocycles. The van der Waals surface area contributed by atoms with E-state index in [0.717, 1.165) is 31.7 Å². The molecule has 1 aromatic carbocycles. The van der Waals surface area contributed by atoms with E-state index < -0.39 is 0 Å². The number of nitrogens with zero attached hydrogens (tertiary/aromatic N) is 1. The van der Waals surface area contributed by atoms with Crippen molar-refractivity contribution in [1.82, 2.24) is 4.90 Å². The summed E-state index contributed by atoms with van der Waals surface area (Å²) in [5.74, 6) is 2.21. The minimum absolute atomic E-state index is 0.287. The van der Waals surface area contributed by atoms with Crippen LogP contribution in [0.15, 0.2) is 18.2 Å². The van der Waals surface area contributed by atoms with Gasteiger partial charge in [-0.15, -0.1) is 0 Å². The molecule has 1 fully saturated rings. The number of aryl methyl sites for hydroxylation is 1.